The lowest BCUT2D eigenvalue weighted by atomic mass is 10.3. The summed E-state index contributed by atoms with van der Waals surface area (Å²) in [6.45, 7) is 6.33. The number of nitrogens with zero attached hydrogens (tertiary/aromatic N) is 4. The molecule has 0 aromatic carbocycles. The number of hydrogen-bond donors (Lipinski definition) is 1. The van der Waals surface area contributed by atoms with Crippen molar-refractivity contribution in [2.24, 2.45) is 7.05 Å². The van der Waals surface area contributed by atoms with Crippen molar-refractivity contribution in [3.63, 3.8) is 0 Å². The molecular formula is C12H16ClN5O. The number of aromatic nitrogens is 4. The van der Waals surface area contributed by atoms with Gasteiger partial charge in [-0.1, -0.05) is 11.6 Å². The topological polar surface area (TPSA) is 64.7 Å². The maximum atomic E-state index is 12.2. The van der Waals surface area contributed by atoms with Crippen LogP contribution < -0.4 is 5.32 Å². The quantitative estimate of drug-likeness (QED) is 0.938. The van der Waals surface area contributed by atoms with Gasteiger partial charge in [0, 0.05) is 19.8 Å². The number of carbonyl (C=O) groups is 1. The van der Waals surface area contributed by atoms with E-state index in [0.717, 1.165) is 11.4 Å². The van der Waals surface area contributed by atoms with Crippen molar-refractivity contribution < 1.29 is 4.79 Å². The molecule has 0 spiro atoms. The number of carbonyl (C=O) groups excluding carboxylic acids is 1. The summed E-state index contributed by atoms with van der Waals surface area (Å²) in [4.78, 5) is 12.2. The van der Waals surface area contributed by atoms with E-state index in [4.69, 9.17) is 11.6 Å². The van der Waals surface area contributed by atoms with Gasteiger partial charge in [0.05, 0.1) is 22.1 Å². The summed E-state index contributed by atoms with van der Waals surface area (Å²) in [6, 6.07) is 0. The Balaban J connectivity index is 2.28. The molecule has 0 saturated carbocycles. The molecule has 102 valence electrons. The summed E-state index contributed by atoms with van der Waals surface area (Å²) in [7, 11) is 1.83. The molecule has 2 aromatic rings. The molecule has 2 heterocycles. The molecule has 19 heavy (non-hydrogen) atoms. The summed E-state index contributed by atoms with van der Waals surface area (Å²) in [5.41, 5.74) is 2.58. The number of anilines is 1. The van der Waals surface area contributed by atoms with E-state index in [2.05, 4.69) is 15.5 Å². The van der Waals surface area contributed by atoms with Crippen LogP contribution in [-0.4, -0.2) is 25.5 Å². The van der Waals surface area contributed by atoms with Gasteiger partial charge in [-0.05, 0) is 20.8 Å². The minimum atomic E-state index is -0.323. The Hall–Kier alpha value is -1.82. The molecule has 7 heteroatoms. The number of nitrogens with one attached hydrogen (secondary N) is 1. The van der Waals surface area contributed by atoms with Crippen LogP contribution in [0.2, 0.25) is 5.02 Å². The fourth-order valence-electron chi connectivity index (χ4n) is 1.84. The molecule has 0 radical (unpaired) electrons. The van der Waals surface area contributed by atoms with Crippen molar-refractivity contribution in [1.82, 2.24) is 19.6 Å². The highest BCUT2D eigenvalue weighted by Crippen LogP contribution is 2.21. The minimum absolute atomic E-state index is 0.228. The molecule has 0 bridgehead atoms. The van der Waals surface area contributed by atoms with Gasteiger partial charge in [-0.3, -0.25) is 14.2 Å². The highest BCUT2D eigenvalue weighted by atomic mass is 35.5. The first-order valence-electron chi connectivity index (χ1n) is 5.98. The van der Waals surface area contributed by atoms with Crippen LogP contribution in [0.1, 0.15) is 28.8 Å². The summed E-state index contributed by atoms with van der Waals surface area (Å²) >= 11 is 6.00. The van der Waals surface area contributed by atoms with Gasteiger partial charge < -0.3 is 5.32 Å². The normalized spacial score (nSPS) is 10.8. The molecule has 2 rings (SSSR count). The minimum Gasteiger partial charge on any atom is -0.317 e. The van der Waals surface area contributed by atoms with Crippen molar-refractivity contribution >= 4 is 23.2 Å². The molecule has 0 fully saturated rings. The molecule has 2 aromatic heterocycles. The second-order valence-electron chi connectivity index (χ2n) is 4.30. The van der Waals surface area contributed by atoms with Gasteiger partial charge in [0.2, 0.25) is 0 Å². The van der Waals surface area contributed by atoms with Crippen LogP contribution in [0, 0.1) is 13.8 Å². The monoisotopic (exact) mass is 281 g/mol. The largest absolute Gasteiger partial charge is 0.317 e. The van der Waals surface area contributed by atoms with Crippen molar-refractivity contribution in [2.45, 2.75) is 27.3 Å². The van der Waals surface area contributed by atoms with E-state index in [9.17, 15) is 4.79 Å². The second kappa shape index (κ2) is 5.05. The predicted octanol–water partition coefficient (Wildman–Crippen LogP) is 2.16. The van der Waals surface area contributed by atoms with Crippen LogP contribution in [0.25, 0.3) is 0 Å². The SMILES string of the molecule is CCn1cc(Cl)c(C(=O)Nc2c(C)nn(C)c2C)n1. The fraction of sp³-hybridized carbons (Fsp3) is 0.417. The van der Waals surface area contributed by atoms with Gasteiger partial charge in [0.15, 0.2) is 5.69 Å². The molecule has 0 saturated heterocycles. The van der Waals surface area contributed by atoms with E-state index in [1.807, 2.05) is 27.8 Å². The maximum Gasteiger partial charge on any atom is 0.277 e. The molecule has 1 amide bonds. The Kier molecular flexibility index (Phi) is 3.61. The zero-order valence-corrected chi connectivity index (χ0v) is 12.1. The highest BCUT2D eigenvalue weighted by Gasteiger charge is 2.18. The van der Waals surface area contributed by atoms with Gasteiger partial charge >= 0.3 is 0 Å². The summed E-state index contributed by atoms with van der Waals surface area (Å²) in [6.07, 6.45) is 1.64. The van der Waals surface area contributed by atoms with Crippen LogP contribution in [-0.2, 0) is 13.6 Å². The van der Waals surface area contributed by atoms with E-state index in [-0.39, 0.29) is 11.6 Å². The molecule has 0 atom stereocenters. The molecule has 0 aliphatic heterocycles. The van der Waals surface area contributed by atoms with Crippen LogP contribution in [0.3, 0.4) is 0 Å². The molecule has 0 aliphatic carbocycles. The first-order valence-corrected chi connectivity index (χ1v) is 6.36. The van der Waals surface area contributed by atoms with Crippen LogP contribution in [0.15, 0.2) is 6.20 Å². The summed E-state index contributed by atoms with van der Waals surface area (Å²) < 4.78 is 3.34. The van der Waals surface area contributed by atoms with Crippen molar-refractivity contribution in [3.05, 3.63) is 28.3 Å². The van der Waals surface area contributed by atoms with Gasteiger partial charge in [-0.2, -0.15) is 10.2 Å². The van der Waals surface area contributed by atoms with Crippen LogP contribution in [0.4, 0.5) is 5.69 Å². The third-order valence-electron chi connectivity index (χ3n) is 3.00. The van der Waals surface area contributed by atoms with Gasteiger partial charge in [-0.25, -0.2) is 0 Å². The molecular weight excluding hydrogens is 266 g/mol. The van der Waals surface area contributed by atoms with E-state index in [1.165, 1.54) is 0 Å². The first kappa shape index (κ1) is 13.6. The first-order chi connectivity index (χ1) is 8.93. The lowest BCUT2D eigenvalue weighted by molar-refractivity contribution is 0.102. The smallest absolute Gasteiger partial charge is 0.277 e. The molecule has 6 nitrogen and oxygen atoms in total. The Morgan fingerprint density at radius 3 is 2.58 bits per heavy atom. The number of rotatable bonds is 3. The zero-order valence-electron chi connectivity index (χ0n) is 11.4. The number of hydrogen-bond acceptors (Lipinski definition) is 3. The fourth-order valence-corrected chi connectivity index (χ4v) is 2.08. The summed E-state index contributed by atoms with van der Waals surface area (Å²) in [5.74, 6) is -0.323. The molecule has 0 aliphatic rings. The van der Waals surface area contributed by atoms with E-state index in [1.54, 1.807) is 15.6 Å². The Labute approximate surface area is 116 Å². The lowest BCUT2D eigenvalue weighted by Gasteiger charge is -2.04. The Bertz CT molecular complexity index is 628. The molecule has 1 N–H and O–H groups in total. The Morgan fingerprint density at radius 1 is 1.42 bits per heavy atom. The van der Waals surface area contributed by atoms with Gasteiger partial charge in [0.1, 0.15) is 0 Å². The summed E-state index contributed by atoms with van der Waals surface area (Å²) in [5, 5.41) is 11.5. The number of halogens is 1. The third-order valence-corrected chi connectivity index (χ3v) is 3.28. The average Bonchev–Trinajstić information content (AvgIpc) is 2.85. The van der Waals surface area contributed by atoms with Crippen LogP contribution >= 0.6 is 11.6 Å². The van der Waals surface area contributed by atoms with E-state index >= 15 is 0 Å². The maximum absolute atomic E-state index is 12.2. The second-order valence-corrected chi connectivity index (χ2v) is 4.71. The van der Waals surface area contributed by atoms with Crippen LogP contribution in [0.5, 0.6) is 0 Å². The zero-order chi connectivity index (χ0) is 14.2. The van der Waals surface area contributed by atoms with Crippen molar-refractivity contribution in [3.8, 4) is 0 Å². The highest BCUT2D eigenvalue weighted by molar-refractivity contribution is 6.34. The average molecular weight is 282 g/mol. The van der Waals surface area contributed by atoms with E-state index in [0.29, 0.717) is 17.3 Å². The van der Waals surface area contributed by atoms with Crippen molar-refractivity contribution in [2.75, 3.05) is 5.32 Å². The number of aryl methyl sites for hydroxylation is 3. The van der Waals surface area contributed by atoms with E-state index < -0.39 is 0 Å². The van der Waals surface area contributed by atoms with Gasteiger partial charge in [0.25, 0.3) is 5.91 Å². The molecule has 0 unspecified atom stereocenters. The standard InChI is InChI=1S/C12H16ClN5O/c1-5-18-6-9(13)11(16-18)12(19)14-10-7(2)15-17(4)8(10)3/h6H,5H2,1-4H3,(H,14,19). The Morgan fingerprint density at radius 2 is 2.11 bits per heavy atom. The predicted molar refractivity (Wildman–Crippen MR) is 73.5 cm³/mol. The van der Waals surface area contributed by atoms with Gasteiger partial charge in [-0.15, -0.1) is 0 Å². The lowest BCUT2D eigenvalue weighted by Crippen LogP contribution is -2.15. The number of amides is 1. The third kappa shape index (κ3) is 2.49. The van der Waals surface area contributed by atoms with Crippen molar-refractivity contribution in [1.29, 1.82) is 0 Å².